The minimum Gasteiger partial charge on any atom is -0.481 e. The first-order valence-corrected chi connectivity index (χ1v) is 7.80. The highest BCUT2D eigenvalue weighted by atomic mass is 35.5. The number of rotatable bonds is 4. The Morgan fingerprint density at radius 2 is 1.77 bits per heavy atom. The summed E-state index contributed by atoms with van der Waals surface area (Å²) in [6.45, 7) is 7.75. The molecule has 0 spiro atoms. The molecular weight excluding hydrogens is 319 g/mol. The summed E-state index contributed by atoms with van der Waals surface area (Å²) in [7, 11) is 1.89. The molecular formula is C17H20Cl2N2O. The molecule has 0 fully saturated rings. The third-order valence-corrected chi connectivity index (χ3v) is 4.17. The summed E-state index contributed by atoms with van der Waals surface area (Å²) < 4.78 is 6.18. The fraction of sp³-hybridized carbons (Fsp3) is 0.353. The van der Waals surface area contributed by atoms with Crippen LogP contribution in [0.25, 0.3) is 0 Å². The molecule has 118 valence electrons. The molecule has 1 aromatic heterocycles. The predicted octanol–water partition coefficient (Wildman–Crippen LogP) is 5.36. The maximum Gasteiger partial charge on any atom is 0.147 e. The van der Waals surface area contributed by atoms with Crippen molar-refractivity contribution in [2.75, 3.05) is 12.4 Å². The number of nitrogens with zero attached hydrogens (tertiary/aromatic N) is 1. The normalized spacial score (nSPS) is 11.4. The van der Waals surface area contributed by atoms with Gasteiger partial charge in [0.05, 0.1) is 15.7 Å². The molecule has 3 nitrogen and oxygen atoms in total. The fourth-order valence-electron chi connectivity index (χ4n) is 2.22. The van der Waals surface area contributed by atoms with Gasteiger partial charge in [-0.1, -0.05) is 23.2 Å². The van der Waals surface area contributed by atoms with Crippen molar-refractivity contribution in [3.05, 3.63) is 51.3 Å². The summed E-state index contributed by atoms with van der Waals surface area (Å²) in [5, 5.41) is 4.17. The maximum absolute atomic E-state index is 6.30. The van der Waals surface area contributed by atoms with Crippen LogP contribution in [-0.4, -0.2) is 12.0 Å². The molecule has 0 atom stereocenters. The number of anilines is 1. The van der Waals surface area contributed by atoms with E-state index in [1.807, 2.05) is 52.9 Å². The molecule has 0 radical (unpaired) electrons. The van der Waals surface area contributed by atoms with Crippen molar-refractivity contribution < 1.29 is 4.74 Å². The lowest BCUT2D eigenvalue weighted by atomic mass is 10.0. The van der Waals surface area contributed by atoms with Crippen molar-refractivity contribution in [2.24, 2.45) is 0 Å². The Morgan fingerprint density at radius 3 is 2.36 bits per heavy atom. The second-order valence-corrected chi connectivity index (χ2v) is 6.54. The van der Waals surface area contributed by atoms with Crippen molar-refractivity contribution >= 4 is 28.9 Å². The topological polar surface area (TPSA) is 34.1 Å². The van der Waals surface area contributed by atoms with Crippen LogP contribution in [0.3, 0.4) is 0 Å². The molecule has 0 saturated carbocycles. The van der Waals surface area contributed by atoms with E-state index in [2.05, 4.69) is 10.3 Å². The molecule has 0 unspecified atom stereocenters. The van der Waals surface area contributed by atoms with E-state index >= 15 is 0 Å². The molecule has 0 amide bonds. The van der Waals surface area contributed by atoms with Gasteiger partial charge in [0.2, 0.25) is 0 Å². The zero-order valence-electron chi connectivity index (χ0n) is 13.4. The largest absolute Gasteiger partial charge is 0.481 e. The predicted molar refractivity (Wildman–Crippen MR) is 93.4 cm³/mol. The van der Waals surface area contributed by atoms with Gasteiger partial charge in [-0.25, -0.2) is 0 Å². The summed E-state index contributed by atoms with van der Waals surface area (Å²) in [5.41, 5.74) is 2.83. The van der Waals surface area contributed by atoms with Gasteiger partial charge in [0.25, 0.3) is 0 Å². The summed E-state index contributed by atoms with van der Waals surface area (Å²) in [6.07, 6.45) is 0. The fourth-order valence-corrected chi connectivity index (χ4v) is 2.81. The first-order valence-electron chi connectivity index (χ1n) is 7.05. The molecule has 0 bridgehead atoms. The molecule has 22 heavy (non-hydrogen) atoms. The molecule has 1 N–H and O–H groups in total. The van der Waals surface area contributed by atoms with Crippen LogP contribution in [0, 0.1) is 13.8 Å². The Balaban J connectivity index is 2.37. The summed E-state index contributed by atoms with van der Waals surface area (Å²) in [4.78, 5) is 4.50. The Kier molecular flexibility index (Phi) is 4.88. The third-order valence-electron chi connectivity index (χ3n) is 3.50. The average Bonchev–Trinajstić information content (AvgIpc) is 2.44. The van der Waals surface area contributed by atoms with Gasteiger partial charge in [-0.2, -0.15) is 0 Å². The van der Waals surface area contributed by atoms with E-state index in [0.29, 0.717) is 15.7 Å². The lowest BCUT2D eigenvalue weighted by molar-refractivity contribution is 0.103. The molecule has 0 aliphatic rings. The molecule has 5 heteroatoms. The number of aromatic nitrogens is 1. The number of hydrogen-bond acceptors (Lipinski definition) is 3. The van der Waals surface area contributed by atoms with Gasteiger partial charge in [-0.05, 0) is 57.5 Å². The Bertz CT molecular complexity index is 699. The second kappa shape index (κ2) is 6.35. The van der Waals surface area contributed by atoms with Crippen molar-refractivity contribution in [1.82, 2.24) is 4.98 Å². The van der Waals surface area contributed by atoms with Gasteiger partial charge in [-0.15, -0.1) is 0 Å². The highest BCUT2D eigenvalue weighted by Gasteiger charge is 2.28. The van der Waals surface area contributed by atoms with E-state index in [1.54, 1.807) is 6.07 Å². The standard InChI is InChI=1S/C17H20Cl2N2O/c1-10-8-12(20-5)6-7-15(10)22-17(3,4)16-14(19)9-13(18)11(2)21-16/h6-9,20H,1-5H3. The van der Waals surface area contributed by atoms with Gasteiger partial charge >= 0.3 is 0 Å². The number of halogens is 2. The minimum absolute atomic E-state index is 0.505. The third kappa shape index (κ3) is 3.47. The van der Waals surface area contributed by atoms with Crippen LogP contribution in [-0.2, 0) is 5.60 Å². The zero-order chi connectivity index (χ0) is 16.5. The van der Waals surface area contributed by atoms with Crippen molar-refractivity contribution in [3.8, 4) is 5.75 Å². The molecule has 1 aromatic carbocycles. The van der Waals surface area contributed by atoms with Crippen molar-refractivity contribution in [2.45, 2.75) is 33.3 Å². The van der Waals surface area contributed by atoms with E-state index in [4.69, 9.17) is 27.9 Å². The average molecular weight is 339 g/mol. The number of aryl methyl sites for hydroxylation is 2. The van der Waals surface area contributed by atoms with Crippen molar-refractivity contribution in [3.63, 3.8) is 0 Å². The lowest BCUT2D eigenvalue weighted by Crippen LogP contribution is -2.27. The van der Waals surface area contributed by atoms with Gasteiger partial charge in [-0.3, -0.25) is 4.98 Å². The second-order valence-electron chi connectivity index (χ2n) is 5.73. The lowest BCUT2D eigenvalue weighted by Gasteiger charge is -2.28. The maximum atomic E-state index is 6.30. The zero-order valence-corrected chi connectivity index (χ0v) is 14.9. The number of hydrogen-bond donors (Lipinski definition) is 1. The molecule has 2 rings (SSSR count). The van der Waals surface area contributed by atoms with E-state index in [0.717, 1.165) is 22.7 Å². The number of ether oxygens (including phenoxy) is 1. The van der Waals surface area contributed by atoms with Crippen LogP contribution in [0.15, 0.2) is 24.3 Å². The Hall–Kier alpha value is -1.45. The molecule has 0 aliphatic heterocycles. The van der Waals surface area contributed by atoms with Gasteiger partial charge in [0, 0.05) is 12.7 Å². The van der Waals surface area contributed by atoms with E-state index in [9.17, 15) is 0 Å². The van der Waals surface area contributed by atoms with Gasteiger partial charge < -0.3 is 10.1 Å². The highest BCUT2D eigenvalue weighted by Crippen LogP contribution is 2.35. The van der Waals surface area contributed by atoms with Crippen LogP contribution in [0.1, 0.15) is 30.8 Å². The first kappa shape index (κ1) is 16.9. The quantitative estimate of drug-likeness (QED) is 0.814. The minimum atomic E-state index is -0.668. The monoisotopic (exact) mass is 338 g/mol. The summed E-state index contributed by atoms with van der Waals surface area (Å²) >= 11 is 12.4. The van der Waals surface area contributed by atoms with Crippen LogP contribution in [0.5, 0.6) is 5.75 Å². The van der Waals surface area contributed by atoms with Crippen LogP contribution in [0.2, 0.25) is 10.0 Å². The molecule has 1 heterocycles. The van der Waals surface area contributed by atoms with Gasteiger partial charge in [0.15, 0.2) is 0 Å². The summed E-state index contributed by atoms with van der Waals surface area (Å²) in [6, 6.07) is 7.66. The molecule has 0 saturated heterocycles. The number of nitrogens with one attached hydrogen (secondary N) is 1. The van der Waals surface area contributed by atoms with E-state index in [1.165, 1.54) is 0 Å². The SMILES string of the molecule is CNc1ccc(OC(C)(C)c2nc(C)c(Cl)cc2Cl)c(C)c1. The van der Waals surface area contributed by atoms with E-state index in [-0.39, 0.29) is 0 Å². The number of benzene rings is 1. The number of pyridine rings is 1. The smallest absolute Gasteiger partial charge is 0.147 e. The first-order chi connectivity index (χ1) is 10.2. The van der Waals surface area contributed by atoms with Crippen LogP contribution >= 0.6 is 23.2 Å². The van der Waals surface area contributed by atoms with E-state index < -0.39 is 5.60 Å². The summed E-state index contributed by atoms with van der Waals surface area (Å²) in [5.74, 6) is 0.800. The Morgan fingerprint density at radius 1 is 1.09 bits per heavy atom. The van der Waals surface area contributed by atoms with Crippen LogP contribution in [0.4, 0.5) is 5.69 Å². The molecule has 2 aromatic rings. The highest BCUT2D eigenvalue weighted by molar-refractivity contribution is 6.35. The Labute approximate surface area is 141 Å². The van der Waals surface area contributed by atoms with Crippen molar-refractivity contribution in [1.29, 1.82) is 0 Å². The van der Waals surface area contributed by atoms with Crippen LogP contribution < -0.4 is 10.1 Å². The molecule has 0 aliphatic carbocycles. The van der Waals surface area contributed by atoms with Gasteiger partial charge in [0.1, 0.15) is 17.0 Å².